The van der Waals surface area contributed by atoms with E-state index in [9.17, 15) is 4.79 Å². The Kier molecular flexibility index (Phi) is 5.60. The maximum Gasteiger partial charge on any atom is 0.314 e. The van der Waals surface area contributed by atoms with E-state index in [1.807, 2.05) is 29.7 Å². The van der Waals surface area contributed by atoms with Crippen LogP contribution in [0.4, 0.5) is 10.7 Å². The number of likely N-dealkylation sites (tertiary alicyclic amines) is 1. The molecule has 3 aliphatic heterocycles. The van der Waals surface area contributed by atoms with E-state index in [1.165, 1.54) is 0 Å². The molecule has 2 amide bonds. The van der Waals surface area contributed by atoms with Crippen LogP contribution in [0.25, 0.3) is 0 Å². The van der Waals surface area contributed by atoms with E-state index >= 15 is 0 Å². The molecule has 1 aromatic carbocycles. The molecule has 4 heterocycles. The number of aliphatic imine (C=N–C) groups is 1. The Labute approximate surface area is 190 Å². The van der Waals surface area contributed by atoms with Gasteiger partial charge in [0.1, 0.15) is 17.8 Å². The van der Waals surface area contributed by atoms with Crippen LogP contribution in [0.5, 0.6) is 5.75 Å². The first-order valence-electron chi connectivity index (χ1n) is 10.6. The van der Waals surface area contributed by atoms with Gasteiger partial charge in [0.05, 0.1) is 12.8 Å². The van der Waals surface area contributed by atoms with Gasteiger partial charge in [0.2, 0.25) is 5.95 Å². The van der Waals surface area contributed by atoms with Gasteiger partial charge in [-0.1, -0.05) is 23.9 Å². The number of amidine groups is 1. The largest absolute Gasteiger partial charge is 0.497 e. The normalized spacial score (nSPS) is 22.6. The number of nitrogens with one attached hydrogen (secondary N) is 1. The number of nitrogens with two attached hydrogens (primary N) is 1. The number of piperidine rings is 1. The number of urea groups is 1. The summed E-state index contributed by atoms with van der Waals surface area (Å²) in [5.41, 5.74) is 7.37. The molecule has 0 bridgehead atoms. The number of fused-ring (bicyclic) bond motifs is 1. The topological polar surface area (TPSA) is 109 Å². The number of aromatic nitrogens is 2. The average molecular weight is 452 g/mol. The smallest absolute Gasteiger partial charge is 0.314 e. The Morgan fingerprint density at radius 2 is 2.12 bits per heavy atom. The number of hydrogen-bond acceptors (Lipinski definition) is 8. The minimum atomic E-state index is -0.362. The molecule has 0 saturated carbocycles. The molecule has 3 aliphatic rings. The van der Waals surface area contributed by atoms with Crippen LogP contribution in [0, 0.1) is 0 Å². The Bertz CT molecular complexity index is 1070. The standard InChI is InChI=1S/C22H25N7O2S/c1-31-16-4-2-3-14(13-16)18-19(29-11-12-32-22(29)27-18)17-5-8-24-21(26-17)25-15-6-9-28(10-7-15)20(23)30/h2-5,8,11-13,15,18-19H,6-7,9-10H2,1H3,(H2,23,30)(H,24,25,26). The van der Waals surface area contributed by atoms with E-state index in [-0.39, 0.29) is 24.2 Å². The lowest BCUT2D eigenvalue weighted by Crippen LogP contribution is -2.44. The van der Waals surface area contributed by atoms with Crippen LogP contribution in [-0.4, -0.2) is 57.2 Å². The molecule has 1 fully saturated rings. The molecule has 10 heteroatoms. The highest BCUT2D eigenvalue weighted by Crippen LogP contribution is 2.46. The number of ether oxygens (including phenoxy) is 1. The predicted octanol–water partition coefficient (Wildman–Crippen LogP) is 3.11. The van der Waals surface area contributed by atoms with Crippen molar-refractivity contribution in [2.75, 3.05) is 25.5 Å². The van der Waals surface area contributed by atoms with Gasteiger partial charge in [-0.3, -0.25) is 4.99 Å². The molecule has 3 N–H and O–H groups in total. The Hall–Kier alpha value is -3.27. The van der Waals surface area contributed by atoms with Gasteiger partial charge in [-0.05, 0) is 42.0 Å². The molecule has 1 aromatic heterocycles. The summed E-state index contributed by atoms with van der Waals surface area (Å²) >= 11 is 1.62. The van der Waals surface area contributed by atoms with Gasteiger partial charge in [-0.2, -0.15) is 0 Å². The lowest BCUT2D eigenvalue weighted by atomic mass is 9.97. The summed E-state index contributed by atoms with van der Waals surface area (Å²) in [4.78, 5) is 29.5. The van der Waals surface area contributed by atoms with E-state index < -0.39 is 0 Å². The minimum absolute atomic E-state index is 0.0661. The zero-order chi connectivity index (χ0) is 22.1. The van der Waals surface area contributed by atoms with Gasteiger partial charge in [-0.25, -0.2) is 14.8 Å². The van der Waals surface area contributed by atoms with Crippen LogP contribution in [-0.2, 0) is 0 Å². The van der Waals surface area contributed by atoms with Gasteiger partial charge < -0.3 is 25.6 Å². The maximum absolute atomic E-state index is 11.4. The van der Waals surface area contributed by atoms with Crippen LogP contribution in [0.1, 0.15) is 36.2 Å². The van der Waals surface area contributed by atoms with Gasteiger partial charge in [0, 0.05) is 31.5 Å². The summed E-state index contributed by atoms with van der Waals surface area (Å²) < 4.78 is 5.43. The number of carbonyl (C=O) groups is 1. The number of nitrogens with zero attached hydrogens (tertiary/aromatic N) is 5. The van der Waals surface area contributed by atoms with Crippen LogP contribution in [0.3, 0.4) is 0 Å². The van der Waals surface area contributed by atoms with Crippen LogP contribution in [0.15, 0.2) is 53.1 Å². The third-order valence-electron chi connectivity index (χ3n) is 6.02. The van der Waals surface area contributed by atoms with E-state index in [0.29, 0.717) is 19.0 Å². The average Bonchev–Trinajstić information content (AvgIpc) is 3.41. The van der Waals surface area contributed by atoms with Gasteiger partial charge >= 0.3 is 6.03 Å². The molecule has 5 rings (SSSR count). The summed E-state index contributed by atoms with van der Waals surface area (Å²) in [5, 5.41) is 6.45. The Morgan fingerprint density at radius 3 is 2.91 bits per heavy atom. The van der Waals surface area contributed by atoms with Crippen molar-refractivity contribution < 1.29 is 9.53 Å². The van der Waals surface area contributed by atoms with E-state index in [4.69, 9.17) is 20.4 Å². The van der Waals surface area contributed by atoms with Crippen LogP contribution < -0.4 is 15.8 Å². The van der Waals surface area contributed by atoms with E-state index in [2.05, 4.69) is 27.5 Å². The second-order valence-electron chi connectivity index (χ2n) is 7.94. The second kappa shape index (κ2) is 8.70. The molecule has 2 unspecified atom stereocenters. The van der Waals surface area contributed by atoms with Crippen LogP contribution in [0.2, 0.25) is 0 Å². The molecule has 32 heavy (non-hydrogen) atoms. The van der Waals surface area contributed by atoms with Gasteiger partial charge in [0.25, 0.3) is 0 Å². The molecule has 0 spiro atoms. The zero-order valence-corrected chi connectivity index (χ0v) is 18.5. The summed E-state index contributed by atoms with van der Waals surface area (Å²) in [7, 11) is 1.67. The molecule has 9 nitrogen and oxygen atoms in total. The van der Waals surface area contributed by atoms with Gasteiger partial charge in [-0.15, -0.1) is 0 Å². The molecule has 2 aromatic rings. The van der Waals surface area contributed by atoms with E-state index in [0.717, 1.165) is 35.0 Å². The molecule has 0 aliphatic carbocycles. The van der Waals surface area contributed by atoms with Crippen molar-refractivity contribution in [2.45, 2.75) is 31.0 Å². The third-order valence-corrected chi connectivity index (χ3v) is 6.80. The highest BCUT2D eigenvalue weighted by Gasteiger charge is 2.40. The predicted molar refractivity (Wildman–Crippen MR) is 124 cm³/mol. The molecule has 2 atom stereocenters. The Balaban J connectivity index is 1.38. The van der Waals surface area contributed by atoms with Crippen molar-refractivity contribution in [3.05, 3.63) is 59.4 Å². The fourth-order valence-electron chi connectivity index (χ4n) is 4.35. The number of methoxy groups -OCH3 is 1. The Morgan fingerprint density at radius 1 is 1.28 bits per heavy atom. The highest BCUT2D eigenvalue weighted by molar-refractivity contribution is 8.16. The molecular weight excluding hydrogens is 426 g/mol. The lowest BCUT2D eigenvalue weighted by Gasteiger charge is -2.31. The van der Waals surface area contributed by atoms with Gasteiger partial charge in [0.15, 0.2) is 5.17 Å². The zero-order valence-electron chi connectivity index (χ0n) is 17.7. The fourth-order valence-corrected chi connectivity index (χ4v) is 5.14. The second-order valence-corrected chi connectivity index (χ2v) is 8.81. The van der Waals surface area contributed by atoms with Crippen molar-refractivity contribution >= 4 is 28.9 Å². The number of thioether (sulfide) groups is 1. The third kappa shape index (κ3) is 3.97. The molecule has 166 valence electrons. The monoisotopic (exact) mass is 451 g/mol. The van der Waals surface area contributed by atoms with Crippen molar-refractivity contribution in [3.8, 4) is 5.75 Å². The van der Waals surface area contributed by atoms with Crippen LogP contribution >= 0.6 is 11.8 Å². The first-order valence-corrected chi connectivity index (χ1v) is 11.5. The molecule has 1 saturated heterocycles. The first kappa shape index (κ1) is 20.6. The quantitative estimate of drug-likeness (QED) is 0.719. The summed E-state index contributed by atoms with van der Waals surface area (Å²) in [6.07, 6.45) is 5.47. The fraction of sp³-hybridized carbons (Fsp3) is 0.364. The number of primary amides is 1. The number of carbonyl (C=O) groups excluding carboxylic acids is 1. The van der Waals surface area contributed by atoms with E-state index in [1.54, 1.807) is 30.0 Å². The summed E-state index contributed by atoms with van der Waals surface area (Å²) in [6, 6.07) is 9.66. The minimum Gasteiger partial charge on any atom is -0.497 e. The van der Waals surface area contributed by atoms with Crippen molar-refractivity contribution in [2.24, 2.45) is 10.7 Å². The molecule has 0 radical (unpaired) electrons. The number of amides is 2. The number of benzene rings is 1. The lowest BCUT2D eigenvalue weighted by molar-refractivity contribution is 0.193. The highest BCUT2D eigenvalue weighted by atomic mass is 32.2. The van der Waals surface area contributed by atoms with Crippen molar-refractivity contribution in [1.29, 1.82) is 0 Å². The first-order chi connectivity index (χ1) is 15.6. The number of rotatable bonds is 5. The summed E-state index contributed by atoms with van der Waals surface area (Å²) in [5.74, 6) is 1.40. The number of anilines is 1. The van der Waals surface area contributed by atoms with Crippen molar-refractivity contribution in [1.82, 2.24) is 19.8 Å². The summed E-state index contributed by atoms with van der Waals surface area (Å²) in [6.45, 7) is 1.28. The molecular formula is C22H25N7O2S. The number of hydrogen-bond donors (Lipinski definition) is 2. The SMILES string of the molecule is COc1cccc(C2N=C3SC=CN3C2c2ccnc(NC3CCN(C(N)=O)CC3)n2)c1. The van der Waals surface area contributed by atoms with Crippen molar-refractivity contribution in [3.63, 3.8) is 0 Å². The maximum atomic E-state index is 11.4.